The molecule has 1 rings (SSSR count). The van der Waals surface area contributed by atoms with E-state index >= 15 is 0 Å². The summed E-state index contributed by atoms with van der Waals surface area (Å²) in [6.07, 6.45) is -0.891. The molecule has 0 radical (unpaired) electrons. The topological polar surface area (TPSA) is 75.6 Å². The molecule has 18 heavy (non-hydrogen) atoms. The molecule has 0 bridgehead atoms. The van der Waals surface area contributed by atoms with Crippen molar-refractivity contribution in [2.24, 2.45) is 0 Å². The van der Waals surface area contributed by atoms with Gasteiger partial charge in [0.05, 0.1) is 18.5 Å². The van der Waals surface area contributed by atoms with Crippen LogP contribution in [0.2, 0.25) is 0 Å². The second kappa shape index (κ2) is 6.79. The largest absolute Gasteiger partial charge is 0.389 e. The number of hydrogen-bond acceptors (Lipinski definition) is 4. The van der Waals surface area contributed by atoms with Crippen molar-refractivity contribution in [3.05, 3.63) is 35.6 Å². The Morgan fingerprint density at radius 2 is 2.00 bits per heavy atom. The molecule has 0 saturated heterocycles. The summed E-state index contributed by atoms with van der Waals surface area (Å²) in [7, 11) is -2.14. The summed E-state index contributed by atoms with van der Waals surface area (Å²) in [4.78, 5) is 0. The van der Waals surface area contributed by atoms with Crippen LogP contribution in [0.3, 0.4) is 0 Å². The summed E-state index contributed by atoms with van der Waals surface area (Å²) in [5.41, 5.74) is 0.477. The Morgan fingerprint density at radius 3 is 2.56 bits per heavy atom. The van der Waals surface area contributed by atoms with Gasteiger partial charge >= 0.3 is 0 Å². The monoisotopic (exact) mass is 277 g/mol. The number of ether oxygens (including phenoxy) is 1. The van der Waals surface area contributed by atoms with E-state index in [1.807, 2.05) is 0 Å². The zero-order valence-corrected chi connectivity index (χ0v) is 10.8. The van der Waals surface area contributed by atoms with Crippen molar-refractivity contribution in [2.45, 2.75) is 11.9 Å². The van der Waals surface area contributed by atoms with Crippen molar-refractivity contribution < 1.29 is 22.7 Å². The molecule has 0 aliphatic carbocycles. The van der Waals surface area contributed by atoms with Gasteiger partial charge in [-0.15, -0.1) is 0 Å². The molecule has 102 valence electrons. The summed E-state index contributed by atoms with van der Waals surface area (Å²) in [6, 6.07) is 5.20. The van der Waals surface area contributed by atoms with E-state index in [1.54, 1.807) is 0 Å². The first-order chi connectivity index (χ1) is 8.43. The molecule has 0 heterocycles. The summed E-state index contributed by atoms with van der Waals surface area (Å²) in [5.74, 6) is -0.674. The minimum atomic E-state index is -3.55. The Kier molecular flexibility index (Phi) is 5.67. The van der Waals surface area contributed by atoms with E-state index < -0.39 is 21.9 Å². The van der Waals surface area contributed by atoms with Gasteiger partial charge in [0, 0.05) is 13.7 Å². The summed E-state index contributed by atoms with van der Waals surface area (Å²) < 4.78 is 42.8. The molecule has 1 aromatic rings. The first-order valence-electron chi connectivity index (χ1n) is 5.32. The van der Waals surface area contributed by atoms with Crippen LogP contribution in [0.5, 0.6) is 0 Å². The minimum Gasteiger partial charge on any atom is -0.389 e. The fourth-order valence-corrected chi connectivity index (χ4v) is 2.51. The second-order valence-electron chi connectivity index (χ2n) is 3.84. The molecule has 1 unspecified atom stereocenters. The van der Waals surface area contributed by atoms with Gasteiger partial charge < -0.3 is 9.84 Å². The standard InChI is InChI=1S/C11H16FNO4S/c1-17-7-11(14)6-13-18(15,16)8-9-2-4-10(12)5-3-9/h2-5,11,13-14H,6-8H2,1H3. The van der Waals surface area contributed by atoms with Crippen molar-refractivity contribution in [3.63, 3.8) is 0 Å². The van der Waals surface area contributed by atoms with Gasteiger partial charge in [-0.3, -0.25) is 0 Å². The molecule has 7 heteroatoms. The first kappa shape index (κ1) is 15.0. The van der Waals surface area contributed by atoms with Crippen LogP contribution in [0, 0.1) is 5.82 Å². The third kappa shape index (κ3) is 5.54. The Hall–Kier alpha value is -1.02. The van der Waals surface area contributed by atoms with E-state index in [0.717, 1.165) is 0 Å². The van der Waals surface area contributed by atoms with E-state index in [1.165, 1.54) is 31.4 Å². The molecule has 0 spiro atoms. The molecule has 2 N–H and O–H groups in total. The van der Waals surface area contributed by atoms with Crippen LogP contribution < -0.4 is 4.72 Å². The summed E-state index contributed by atoms with van der Waals surface area (Å²) in [6.45, 7) is -0.0591. The normalized spacial score (nSPS) is 13.5. The van der Waals surface area contributed by atoms with Crippen LogP contribution in [0.4, 0.5) is 4.39 Å². The number of aliphatic hydroxyl groups is 1. The zero-order chi connectivity index (χ0) is 13.6. The lowest BCUT2D eigenvalue weighted by molar-refractivity contribution is 0.0679. The lowest BCUT2D eigenvalue weighted by atomic mass is 10.2. The Morgan fingerprint density at radius 1 is 1.39 bits per heavy atom. The van der Waals surface area contributed by atoms with Crippen molar-refractivity contribution in [1.29, 1.82) is 0 Å². The van der Waals surface area contributed by atoms with Crippen molar-refractivity contribution in [3.8, 4) is 0 Å². The number of aliphatic hydroxyl groups excluding tert-OH is 1. The molecule has 0 aliphatic heterocycles. The molecule has 0 aromatic heterocycles. The number of sulfonamides is 1. The fraction of sp³-hybridized carbons (Fsp3) is 0.455. The number of halogens is 1. The van der Waals surface area contributed by atoms with Crippen LogP contribution in [0.1, 0.15) is 5.56 Å². The highest BCUT2D eigenvalue weighted by Gasteiger charge is 2.13. The van der Waals surface area contributed by atoms with E-state index in [-0.39, 0.29) is 18.9 Å². The molecule has 1 aromatic carbocycles. The number of rotatable bonds is 7. The predicted octanol–water partition coefficient (Wildman–Crippen LogP) is 0.252. The van der Waals surface area contributed by atoms with E-state index in [0.29, 0.717) is 5.56 Å². The van der Waals surface area contributed by atoms with E-state index in [2.05, 4.69) is 9.46 Å². The molecule has 5 nitrogen and oxygen atoms in total. The molecule has 0 aliphatic rings. The Labute approximate surface area is 106 Å². The van der Waals surface area contributed by atoms with E-state index in [9.17, 15) is 17.9 Å². The maximum Gasteiger partial charge on any atom is 0.215 e. The third-order valence-corrected chi connectivity index (χ3v) is 3.49. The summed E-state index contributed by atoms with van der Waals surface area (Å²) in [5, 5.41) is 9.31. The second-order valence-corrected chi connectivity index (χ2v) is 5.65. The molecule has 0 amide bonds. The average molecular weight is 277 g/mol. The van der Waals surface area contributed by atoms with Crippen LogP contribution >= 0.6 is 0 Å². The lowest BCUT2D eigenvalue weighted by Crippen LogP contribution is -2.35. The zero-order valence-electron chi connectivity index (χ0n) is 9.97. The van der Waals surface area contributed by atoms with Gasteiger partial charge in [0.1, 0.15) is 5.82 Å². The molecular weight excluding hydrogens is 261 g/mol. The quantitative estimate of drug-likeness (QED) is 0.749. The third-order valence-electron chi connectivity index (χ3n) is 2.17. The maximum atomic E-state index is 12.6. The molecule has 0 saturated carbocycles. The van der Waals surface area contributed by atoms with Crippen molar-refractivity contribution in [2.75, 3.05) is 20.3 Å². The lowest BCUT2D eigenvalue weighted by Gasteiger charge is -2.11. The number of hydrogen-bond donors (Lipinski definition) is 2. The Balaban J connectivity index is 2.52. The van der Waals surface area contributed by atoms with Gasteiger partial charge in [-0.1, -0.05) is 12.1 Å². The smallest absolute Gasteiger partial charge is 0.215 e. The van der Waals surface area contributed by atoms with Crippen LogP contribution in [-0.4, -0.2) is 39.9 Å². The Bertz CT molecular complexity index is 460. The number of benzene rings is 1. The number of methoxy groups -OCH3 is 1. The number of nitrogens with one attached hydrogen (secondary N) is 1. The maximum absolute atomic E-state index is 12.6. The van der Waals surface area contributed by atoms with Crippen molar-refractivity contribution in [1.82, 2.24) is 4.72 Å². The molecule has 0 fully saturated rings. The highest BCUT2D eigenvalue weighted by Crippen LogP contribution is 2.06. The van der Waals surface area contributed by atoms with Crippen LogP contribution in [0.15, 0.2) is 24.3 Å². The van der Waals surface area contributed by atoms with Gasteiger partial charge in [0.2, 0.25) is 10.0 Å². The first-order valence-corrected chi connectivity index (χ1v) is 6.97. The molecular formula is C11H16FNO4S. The molecule has 1 atom stereocenters. The van der Waals surface area contributed by atoms with Gasteiger partial charge in [0.25, 0.3) is 0 Å². The predicted molar refractivity (Wildman–Crippen MR) is 64.9 cm³/mol. The summed E-state index contributed by atoms with van der Waals surface area (Å²) >= 11 is 0. The van der Waals surface area contributed by atoms with Gasteiger partial charge in [-0.05, 0) is 17.7 Å². The van der Waals surface area contributed by atoms with Crippen molar-refractivity contribution >= 4 is 10.0 Å². The van der Waals surface area contributed by atoms with E-state index in [4.69, 9.17) is 0 Å². The van der Waals surface area contributed by atoms with Gasteiger partial charge in [-0.25, -0.2) is 17.5 Å². The van der Waals surface area contributed by atoms with Crippen LogP contribution in [-0.2, 0) is 20.5 Å². The highest BCUT2D eigenvalue weighted by atomic mass is 32.2. The van der Waals surface area contributed by atoms with Crippen LogP contribution in [0.25, 0.3) is 0 Å². The fourth-order valence-electron chi connectivity index (χ4n) is 1.33. The highest BCUT2D eigenvalue weighted by molar-refractivity contribution is 7.88. The van der Waals surface area contributed by atoms with Gasteiger partial charge in [0.15, 0.2) is 0 Å². The average Bonchev–Trinajstić information content (AvgIpc) is 2.30. The SMILES string of the molecule is COCC(O)CNS(=O)(=O)Cc1ccc(F)cc1. The minimum absolute atomic E-state index is 0.0546. The van der Waals surface area contributed by atoms with Gasteiger partial charge in [-0.2, -0.15) is 0 Å².